The Balaban J connectivity index is 2.23. The number of hydrogen-bond donors (Lipinski definition) is 1. The molecular weight excluding hydrogens is 244 g/mol. The van der Waals surface area contributed by atoms with Gasteiger partial charge >= 0.3 is 0 Å². The predicted octanol–water partition coefficient (Wildman–Crippen LogP) is 3.67. The van der Waals surface area contributed by atoms with Gasteiger partial charge in [0.15, 0.2) is 10.8 Å². The first-order valence-electron chi connectivity index (χ1n) is 6.28. The van der Waals surface area contributed by atoms with Gasteiger partial charge in [-0.05, 0) is 32.0 Å². The Kier molecular flexibility index (Phi) is 4.19. The third kappa shape index (κ3) is 2.82. The predicted molar refractivity (Wildman–Crippen MR) is 76.1 cm³/mol. The third-order valence-electron chi connectivity index (χ3n) is 3.08. The molecule has 0 radical (unpaired) electrons. The lowest BCUT2D eigenvalue weighted by Gasteiger charge is -2.18. The number of nitrogens with zero attached hydrogens (tertiary/aromatic N) is 1. The minimum Gasteiger partial charge on any atom is -0.459 e. The standard InChI is InChI=1S/C14H20N2OS/c1-9(2)11(7-15-4)12-8-18-14(16-12)13-6-5-10(3)17-13/h5-6,8-9,11,15H,7H2,1-4H3. The van der Waals surface area contributed by atoms with E-state index >= 15 is 0 Å². The summed E-state index contributed by atoms with van der Waals surface area (Å²) in [6.45, 7) is 7.38. The van der Waals surface area contributed by atoms with E-state index in [1.165, 1.54) is 0 Å². The van der Waals surface area contributed by atoms with Crippen molar-refractivity contribution in [1.29, 1.82) is 0 Å². The quantitative estimate of drug-likeness (QED) is 0.895. The molecule has 0 saturated heterocycles. The Hall–Kier alpha value is -1.13. The lowest BCUT2D eigenvalue weighted by molar-refractivity contribution is 0.470. The molecule has 0 aromatic carbocycles. The smallest absolute Gasteiger partial charge is 0.162 e. The van der Waals surface area contributed by atoms with Gasteiger partial charge < -0.3 is 9.73 Å². The molecule has 98 valence electrons. The van der Waals surface area contributed by atoms with E-state index in [1.54, 1.807) is 11.3 Å². The summed E-state index contributed by atoms with van der Waals surface area (Å²) in [6.07, 6.45) is 0. The summed E-state index contributed by atoms with van der Waals surface area (Å²) in [6, 6.07) is 3.96. The van der Waals surface area contributed by atoms with Crippen molar-refractivity contribution in [3.8, 4) is 10.8 Å². The lowest BCUT2D eigenvalue weighted by atomic mass is 9.93. The summed E-state index contributed by atoms with van der Waals surface area (Å²) in [5.41, 5.74) is 1.16. The second kappa shape index (κ2) is 5.67. The monoisotopic (exact) mass is 264 g/mol. The molecule has 0 saturated carbocycles. The molecule has 1 N–H and O–H groups in total. The molecule has 4 heteroatoms. The zero-order valence-corrected chi connectivity index (χ0v) is 12.2. The summed E-state index contributed by atoms with van der Waals surface area (Å²) in [5, 5.41) is 6.36. The fourth-order valence-corrected chi connectivity index (χ4v) is 2.86. The summed E-state index contributed by atoms with van der Waals surface area (Å²) >= 11 is 1.65. The largest absolute Gasteiger partial charge is 0.459 e. The SMILES string of the molecule is CNCC(c1csc(-c2ccc(C)o2)n1)C(C)C. The Bertz CT molecular complexity index is 501. The minimum absolute atomic E-state index is 0.455. The van der Waals surface area contributed by atoms with Crippen molar-refractivity contribution >= 4 is 11.3 Å². The van der Waals surface area contributed by atoms with E-state index in [1.807, 2.05) is 26.1 Å². The van der Waals surface area contributed by atoms with E-state index in [0.717, 1.165) is 28.8 Å². The fourth-order valence-electron chi connectivity index (χ4n) is 2.02. The number of thiazole rings is 1. The molecule has 0 aliphatic heterocycles. The van der Waals surface area contributed by atoms with Crippen molar-refractivity contribution in [1.82, 2.24) is 10.3 Å². The van der Waals surface area contributed by atoms with Crippen molar-refractivity contribution in [2.45, 2.75) is 26.7 Å². The van der Waals surface area contributed by atoms with E-state index in [-0.39, 0.29) is 0 Å². The van der Waals surface area contributed by atoms with Crippen LogP contribution in [0.15, 0.2) is 21.9 Å². The molecule has 0 aliphatic rings. The molecule has 1 atom stereocenters. The van der Waals surface area contributed by atoms with Crippen molar-refractivity contribution in [3.63, 3.8) is 0 Å². The molecule has 1 unspecified atom stereocenters. The van der Waals surface area contributed by atoms with Crippen LogP contribution in [0, 0.1) is 12.8 Å². The van der Waals surface area contributed by atoms with Gasteiger partial charge in [-0.2, -0.15) is 0 Å². The first-order valence-corrected chi connectivity index (χ1v) is 7.16. The maximum atomic E-state index is 5.62. The highest BCUT2D eigenvalue weighted by Crippen LogP contribution is 2.30. The lowest BCUT2D eigenvalue weighted by Crippen LogP contribution is -2.21. The molecule has 2 rings (SSSR count). The number of nitrogens with one attached hydrogen (secondary N) is 1. The summed E-state index contributed by atoms with van der Waals surface area (Å²) in [7, 11) is 1.98. The zero-order valence-electron chi connectivity index (χ0n) is 11.4. The molecule has 3 nitrogen and oxygen atoms in total. The average molecular weight is 264 g/mol. The number of furan rings is 1. The van der Waals surface area contributed by atoms with Crippen LogP contribution in [0.4, 0.5) is 0 Å². The van der Waals surface area contributed by atoms with Crippen LogP contribution in [0.25, 0.3) is 10.8 Å². The fraction of sp³-hybridized carbons (Fsp3) is 0.500. The number of hydrogen-bond acceptors (Lipinski definition) is 4. The first-order chi connectivity index (χ1) is 8.61. The average Bonchev–Trinajstić information content (AvgIpc) is 2.93. The van der Waals surface area contributed by atoms with E-state index in [4.69, 9.17) is 9.40 Å². The van der Waals surface area contributed by atoms with Gasteiger partial charge in [-0.25, -0.2) is 4.98 Å². The van der Waals surface area contributed by atoms with Gasteiger partial charge in [-0.15, -0.1) is 11.3 Å². The highest BCUT2D eigenvalue weighted by atomic mass is 32.1. The van der Waals surface area contributed by atoms with E-state index in [2.05, 4.69) is 24.5 Å². The van der Waals surface area contributed by atoms with Gasteiger partial charge in [-0.3, -0.25) is 0 Å². The number of likely N-dealkylation sites (N-methyl/N-ethyl adjacent to an activating group) is 1. The van der Waals surface area contributed by atoms with Crippen LogP contribution in [0.3, 0.4) is 0 Å². The van der Waals surface area contributed by atoms with Crippen LogP contribution in [-0.4, -0.2) is 18.6 Å². The van der Waals surface area contributed by atoms with Crippen LogP contribution in [-0.2, 0) is 0 Å². The van der Waals surface area contributed by atoms with Crippen LogP contribution in [0.5, 0.6) is 0 Å². The second-order valence-corrected chi connectivity index (χ2v) is 5.75. The highest BCUT2D eigenvalue weighted by molar-refractivity contribution is 7.13. The number of aryl methyl sites for hydroxylation is 1. The van der Waals surface area contributed by atoms with E-state index in [9.17, 15) is 0 Å². The van der Waals surface area contributed by atoms with Crippen molar-refractivity contribution in [2.75, 3.05) is 13.6 Å². The molecular formula is C14H20N2OS. The molecule has 0 spiro atoms. The third-order valence-corrected chi connectivity index (χ3v) is 3.96. The summed E-state index contributed by atoms with van der Waals surface area (Å²) in [4.78, 5) is 4.72. The molecule has 18 heavy (non-hydrogen) atoms. The van der Waals surface area contributed by atoms with Gasteiger partial charge in [0.1, 0.15) is 5.76 Å². The van der Waals surface area contributed by atoms with Crippen LogP contribution < -0.4 is 5.32 Å². The number of aromatic nitrogens is 1. The van der Waals surface area contributed by atoms with Crippen molar-refractivity contribution in [2.24, 2.45) is 5.92 Å². The Morgan fingerprint density at radius 2 is 2.17 bits per heavy atom. The van der Waals surface area contributed by atoms with Gasteiger partial charge in [0.2, 0.25) is 0 Å². The normalized spacial score (nSPS) is 13.2. The number of rotatable bonds is 5. The molecule has 2 aromatic heterocycles. The van der Waals surface area contributed by atoms with Gasteiger partial charge in [0.05, 0.1) is 5.69 Å². The topological polar surface area (TPSA) is 38.1 Å². The van der Waals surface area contributed by atoms with Gasteiger partial charge in [0, 0.05) is 17.8 Å². The highest BCUT2D eigenvalue weighted by Gasteiger charge is 2.19. The summed E-state index contributed by atoms with van der Waals surface area (Å²) < 4.78 is 5.62. The summed E-state index contributed by atoms with van der Waals surface area (Å²) in [5.74, 6) is 2.83. The van der Waals surface area contributed by atoms with Crippen LogP contribution in [0.1, 0.15) is 31.2 Å². The minimum atomic E-state index is 0.455. The van der Waals surface area contributed by atoms with Crippen molar-refractivity contribution < 1.29 is 4.42 Å². The Morgan fingerprint density at radius 3 is 2.72 bits per heavy atom. The molecule has 0 aliphatic carbocycles. The van der Waals surface area contributed by atoms with Crippen LogP contribution >= 0.6 is 11.3 Å². The maximum absolute atomic E-state index is 5.62. The van der Waals surface area contributed by atoms with E-state index in [0.29, 0.717) is 11.8 Å². The van der Waals surface area contributed by atoms with E-state index < -0.39 is 0 Å². The maximum Gasteiger partial charge on any atom is 0.162 e. The molecule has 2 heterocycles. The molecule has 0 fully saturated rings. The van der Waals surface area contributed by atoms with Gasteiger partial charge in [0.25, 0.3) is 0 Å². The molecule has 2 aromatic rings. The Morgan fingerprint density at radius 1 is 1.39 bits per heavy atom. The second-order valence-electron chi connectivity index (χ2n) is 4.90. The van der Waals surface area contributed by atoms with Crippen molar-refractivity contribution in [3.05, 3.63) is 29.0 Å². The van der Waals surface area contributed by atoms with Crippen LogP contribution in [0.2, 0.25) is 0 Å². The van der Waals surface area contributed by atoms with Gasteiger partial charge in [-0.1, -0.05) is 13.8 Å². The molecule has 0 amide bonds. The first kappa shape index (κ1) is 13.3. The molecule has 0 bridgehead atoms. The Labute approximate surface area is 112 Å². The zero-order chi connectivity index (χ0) is 13.1.